The van der Waals surface area contributed by atoms with Gasteiger partial charge >= 0.3 is 11.9 Å². The summed E-state index contributed by atoms with van der Waals surface area (Å²) in [5.41, 5.74) is 0. The van der Waals surface area contributed by atoms with Gasteiger partial charge in [-0.25, -0.2) is 4.79 Å². The van der Waals surface area contributed by atoms with Crippen LogP contribution < -0.4 is 0 Å². The van der Waals surface area contributed by atoms with E-state index < -0.39 is 17.7 Å². The Hall–Kier alpha value is -0.790. The van der Waals surface area contributed by atoms with Gasteiger partial charge in [-0.1, -0.05) is 6.42 Å². The number of halogens is 2. The largest absolute Gasteiger partial charge is 0.459 e. The lowest BCUT2D eigenvalue weighted by atomic mass is 9.94. The van der Waals surface area contributed by atoms with E-state index in [-0.39, 0.29) is 19.3 Å². The molecule has 1 aliphatic carbocycles. The van der Waals surface area contributed by atoms with Crippen molar-refractivity contribution in [3.05, 3.63) is 0 Å². The first-order valence-electron chi connectivity index (χ1n) is 7.36. The van der Waals surface area contributed by atoms with E-state index in [2.05, 4.69) is 4.74 Å². The van der Waals surface area contributed by atoms with Crippen LogP contribution in [0.5, 0.6) is 0 Å². The molecular weight excluding hydrogens is 286 g/mol. The monoisotopic (exact) mass is 308 g/mol. The van der Waals surface area contributed by atoms with Crippen LogP contribution in [-0.4, -0.2) is 50.2 Å². The number of hydrogen-bond acceptors (Lipinski definition) is 5. The molecule has 1 saturated carbocycles. The molecule has 1 heterocycles. The number of hydrogen-bond donors (Lipinski definition) is 0. The van der Waals surface area contributed by atoms with Crippen molar-refractivity contribution in [3.63, 3.8) is 0 Å². The zero-order valence-electron chi connectivity index (χ0n) is 12.2. The van der Waals surface area contributed by atoms with Crippen molar-refractivity contribution in [2.24, 2.45) is 0 Å². The van der Waals surface area contributed by atoms with Crippen LogP contribution in [0.25, 0.3) is 0 Å². The van der Waals surface area contributed by atoms with Crippen molar-refractivity contribution in [1.29, 1.82) is 0 Å². The second kappa shape index (κ2) is 6.98. The van der Waals surface area contributed by atoms with E-state index in [4.69, 9.17) is 14.2 Å². The summed E-state index contributed by atoms with van der Waals surface area (Å²) in [6, 6.07) is 0. The predicted octanol–water partition coefficient (Wildman–Crippen LogP) is 2.28. The number of rotatable bonds is 6. The number of esters is 1. The van der Waals surface area contributed by atoms with Crippen molar-refractivity contribution in [1.82, 2.24) is 0 Å². The van der Waals surface area contributed by atoms with Gasteiger partial charge in [0, 0.05) is 19.8 Å². The summed E-state index contributed by atoms with van der Waals surface area (Å²) in [5.74, 6) is -5.44. The molecule has 0 aromatic heterocycles. The van der Waals surface area contributed by atoms with E-state index in [0.717, 1.165) is 25.7 Å². The first-order chi connectivity index (χ1) is 9.91. The van der Waals surface area contributed by atoms with Gasteiger partial charge < -0.3 is 18.9 Å². The highest BCUT2D eigenvalue weighted by Crippen LogP contribution is 2.37. The molecule has 0 amide bonds. The third-order valence-corrected chi connectivity index (χ3v) is 3.65. The van der Waals surface area contributed by atoms with Crippen LogP contribution in [0.2, 0.25) is 0 Å². The Balaban J connectivity index is 1.57. The van der Waals surface area contributed by atoms with E-state index in [1.165, 1.54) is 6.42 Å². The first-order valence-corrected chi connectivity index (χ1v) is 7.36. The SMILES string of the molecule is CC(F)(F)C(=O)OCCOCC1COC2(CCCCC2)O1. The average Bonchev–Trinajstić information content (AvgIpc) is 2.81. The summed E-state index contributed by atoms with van der Waals surface area (Å²) in [5, 5.41) is 0. The number of carbonyl (C=O) groups excluding carboxylic acids is 1. The van der Waals surface area contributed by atoms with Crippen LogP contribution in [0.3, 0.4) is 0 Å². The fourth-order valence-corrected chi connectivity index (χ4v) is 2.59. The van der Waals surface area contributed by atoms with Gasteiger partial charge in [-0.3, -0.25) is 0 Å². The number of carbonyl (C=O) groups is 1. The van der Waals surface area contributed by atoms with Crippen molar-refractivity contribution in [2.45, 2.75) is 56.8 Å². The van der Waals surface area contributed by atoms with Crippen LogP contribution in [-0.2, 0) is 23.7 Å². The Morgan fingerprint density at radius 2 is 2.00 bits per heavy atom. The lowest BCUT2D eigenvalue weighted by Crippen LogP contribution is -2.34. The maximum absolute atomic E-state index is 12.5. The summed E-state index contributed by atoms with van der Waals surface area (Å²) in [4.78, 5) is 10.8. The molecule has 0 aromatic carbocycles. The fourth-order valence-electron chi connectivity index (χ4n) is 2.59. The lowest BCUT2D eigenvalue weighted by Gasteiger charge is -2.31. The minimum absolute atomic E-state index is 0.0642. The molecule has 2 rings (SSSR count). The van der Waals surface area contributed by atoms with Crippen LogP contribution in [0.1, 0.15) is 39.0 Å². The van der Waals surface area contributed by atoms with Crippen LogP contribution >= 0.6 is 0 Å². The van der Waals surface area contributed by atoms with Crippen molar-refractivity contribution >= 4 is 5.97 Å². The standard InChI is InChI=1S/C14H22F2O5/c1-13(15,16)12(17)19-8-7-18-9-11-10-20-14(21-11)5-3-2-4-6-14/h11H,2-10H2,1H3. The van der Waals surface area contributed by atoms with Gasteiger partial charge in [0.15, 0.2) is 5.79 Å². The number of ether oxygens (including phenoxy) is 4. The van der Waals surface area contributed by atoms with Crippen molar-refractivity contribution < 1.29 is 32.5 Å². The molecule has 1 unspecified atom stereocenters. The normalized spacial score (nSPS) is 25.2. The maximum atomic E-state index is 12.5. The van der Waals surface area contributed by atoms with Crippen LogP contribution in [0, 0.1) is 0 Å². The zero-order valence-corrected chi connectivity index (χ0v) is 12.2. The van der Waals surface area contributed by atoms with Gasteiger partial charge in [-0.15, -0.1) is 0 Å². The smallest absolute Gasteiger partial charge is 0.376 e. The topological polar surface area (TPSA) is 54.0 Å². The van der Waals surface area contributed by atoms with E-state index in [0.29, 0.717) is 20.1 Å². The second-order valence-corrected chi connectivity index (χ2v) is 5.62. The Bertz CT molecular complexity index is 350. The molecule has 0 aromatic rings. The van der Waals surface area contributed by atoms with E-state index >= 15 is 0 Å². The predicted molar refractivity (Wildman–Crippen MR) is 69.0 cm³/mol. The van der Waals surface area contributed by atoms with Crippen molar-refractivity contribution in [2.75, 3.05) is 26.4 Å². The fraction of sp³-hybridized carbons (Fsp3) is 0.929. The third-order valence-electron chi connectivity index (χ3n) is 3.65. The second-order valence-electron chi connectivity index (χ2n) is 5.62. The minimum Gasteiger partial charge on any atom is -0.459 e. The minimum atomic E-state index is -3.46. The molecule has 2 fully saturated rings. The third kappa shape index (κ3) is 4.86. The van der Waals surface area contributed by atoms with Crippen LogP contribution in [0.15, 0.2) is 0 Å². The Morgan fingerprint density at radius 3 is 2.67 bits per heavy atom. The lowest BCUT2D eigenvalue weighted by molar-refractivity contribution is -0.191. The van der Waals surface area contributed by atoms with Gasteiger partial charge in [-0.2, -0.15) is 8.78 Å². The molecule has 1 atom stereocenters. The Labute approximate surface area is 122 Å². The summed E-state index contributed by atoms with van der Waals surface area (Å²) in [6.45, 7) is 1.16. The van der Waals surface area contributed by atoms with E-state index in [1.807, 2.05) is 0 Å². The van der Waals surface area contributed by atoms with Gasteiger partial charge in [0.25, 0.3) is 0 Å². The molecule has 5 nitrogen and oxygen atoms in total. The molecule has 1 saturated heterocycles. The first kappa shape index (κ1) is 16.6. The zero-order chi connectivity index (χ0) is 15.3. The summed E-state index contributed by atoms with van der Waals surface area (Å²) in [7, 11) is 0. The highest BCUT2D eigenvalue weighted by molar-refractivity contribution is 5.76. The molecule has 7 heteroatoms. The average molecular weight is 308 g/mol. The van der Waals surface area contributed by atoms with Gasteiger partial charge in [-0.05, 0) is 12.8 Å². The van der Waals surface area contributed by atoms with E-state index in [9.17, 15) is 13.6 Å². The quantitative estimate of drug-likeness (QED) is 0.556. The molecule has 0 bridgehead atoms. The highest BCUT2D eigenvalue weighted by atomic mass is 19.3. The molecule has 0 N–H and O–H groups in total. The van der Waals surface area contributed by atoms with E-state index in [1.54, 1.807) is 0 Å². The summed E-state index contributed by atoms with van der Waals surface area (Å²) < 4.78 is 46.4. The van der Waals surface area contributed by atoms with Crippen LogP contribution in [0.4, 0.5) is 8.78 Å². The molecule has 21 heavy (non-hydrogen) atoms. The molecule has 1 spiro atoms. The summed E-state index contributed by atoms with van der Waals surface area (Å²) in [6.07, 6.45) is 5.10. The van der Waals surface area contributed by atoms with Gasteiger partial charge in [0.1, 0.15) is 12.7 Å². The molecule has 0 radical (unpaired) electrons. The summed E-state index contributed by atoms with van der Waals surface area (Å²) >= 11 is 0. The molecule has 122 valence electrons. The highest BCUT2D eigenvalue weighted by Gasteiger charge is 2.42. The van der Waals surface area contributed by atoms with Gasteiger partial charge in [0.2, 0.25) is 0 Å². The number of alkyl halides is 2. The van der Waals surface area contributed by atoms with Crippen molar-refractivity contribution in [3.8, 4) is 0 Å². The maximum Gasteiger partial charge on any atom is 0.376 e. The Kier molecular flexibility index (Phi) is 5.51. The molecule has 2 aliphatic rings. The van der Waals surface area contributed by atoms with Gasteiger partial charge in [0.05, 0.1) is 19.8 Å². The molecule has 1 aliphatic heterocycles. The molecular formula is C14H22F2O5. The Morgan fingerprint density at radius 1 is 1.29 bits per heavy atom.